The van der Waals surface area contributed by atoms with Gasteiger partial charge in [-0.15, -0.1) is 0 Å². The van der Waals surface area contributed by atoms with Crippen molar-refractivity contribution in [1.82, 2.24) is 9.97 Å². The molecule has 0 radical (unpaired) electrons. The Labute approximate surface area is 162 Å². The molecule has 0 bridgehead atoms. The molecule has 26 heavy (non-hydrogen) atoms. The Morgan fingerprint density at radius 2 is 1.00 bits per heavy atom. The molecular weight excluding hydrogens is 363 g/mol. The lowest BCUT2D eigenvalue weighted by Crippen LogP contribution is -1.95. The van der Waals surface area contributed by atoms with Crippen molar-refractivity contribution < 1.29 is 0 Å². The summed E-state index contributed by atoms with van der Waals surface area (Å²) in [6, 6.07) is 27.2. The standard InChI is InChI=1S/C22H14Cl2N2/c23-18-10-4-8-16(12-18)20-14-21(17-9-5-11-19(24)13-17)26-22(25-20)15-6-2-1-3-7-15/h1-14H. The lowest BCUT2D eigenvalue weighted by Gasteiger charge is -2.09. The minimum Gasteiger partial charge on any atom is -0.228 e. The summed E-state index contributed by atoms with van der Waals surface area (Å²) >= 11 is 12.3. The Morgan fingerprint density at radius 3 is 1.50 bits per heavy atom. The second-order valence-corrected chi connectivity index (χ2v) is 6.72. The molecule has 0 saturated carbocycles. The first-order valence-corrected chi connectivity index (χ1v) is 8.91. The molecule has 4 aromatic rings. The van der Waals surface area contributed by atoms with E-state index in [1.165, 1.54) is 0 Å². The van der Waals surface area contributed by atoms with Crippen LogP contribution in [0, 0.1) is 0 Å². The van der Waals surface area contributed by atoms with Crippen LogP contribution in [0.15, 0.2) is 84.9 Å². The van der Waals surface area contributed by atoms with Gasteiger partial charge in [0.05, 0.1) is 11.4 Å². The molecule has 0 aliphatic carbocycles. The largest absolute Gasteiger partial charge is 0.228 e. The fraction of sp³-hybridized carbons (Fsp3) is 0. The Morgan fingerprint density at radius 1 is 0.500 bits per heavy atom. The van der Waals surface area contributed by atoms with E-state index < -0.39 is 0 Å². The van der Waals surface area contributed by atoms with E-state index in [4.69, 9.17) is 33.2 Å². The molecular formula is C22H14Cl2N2. The first-order chi connectivity index (χ1) is 12.7. The van der Waals surface area contributed by atoms with Crippen LogP contribution in [-0.2, 0) is 0 Å². The first kappa shape index (κ1) is 16.8. The van der Waals surface area contributed by atoms with Gasteiger partial charge in [-0.1, -0.05) is 77.8 Å². The highest BCUT2D eigenvalue weighted by molar-refractivity contribution is 6.31. The molecule has 0 aliphatic heterocycles. The third kappa shape index (κ3) is 3.62. The lowest BCUT2D eigenvalue weighted by molar-refractivity contribution is 1.18. The number of hydrogen-bond donors (Lipinski definition) is 0. The van der Waals surface area contributed by atoms with Gasteiger partial charge in [-0.2, -0.15) is 0 Å². The number of rotatable bonds is 3. The molecule has 4 rings (SSSR count). The van der Waals surface area contributed by atoms with Gasteiger partial charge in [0.2, 0.25) is 0 Å². The molecule has 3 aromatic carbocycles. The minimum atomic E-state index is 0.665. The quantitative estimate of drug-likeness (QED) is 0.393. The number of nitrogens with zero attached hydrogens (tertiary/aromatic N) is 2. The zero-order chi connectivity index (χ0) is 17.9. The Kier molecular flexibility index (Phi) is 4.70. The summed E-state index contributed by atoms with van der Waals surface area (Å²) in [6.07, 6.45) is 0. The van der Waals surface area contributed by atoms with E-state index in [9.17, 15) is 0 Å². The van der Waals surface area contributed by atoms with Crippen molar-refractivity contribution >= 4 is 23.2 Å². The van der Waals surface area contributed by atoms with Crippen LogP contribution >= 0.6 is 23.2 Å². The zero-order valence-corrected chi connectivity index (χ0v) is 15.2. The van der Waals surface area contributed by atoms with E-state index in [1.807, 2.05) is 84.9 Å². The maximum absolute atomic E-state index is 6.17. The van der Waals surface area contributed by atoms with Crippen molar-refractivity contribution in [3.8, 4) is 33.9 Å². The van der Waals surface area contributed by atoms with Crippen LogP contribution in [-0.4, -0.2) is 9.97 Å². The molecule has 0 fully saturated rings. The summed E-state index contributed by atoms with van der Waals surface area (Å²) in [5, 5.41) is 1.35. The van der Waals surface area contributed by atoms with Crippen LogP contribution in [0.2, 0.25) is 10.0 Å². The Bertz CT molecular complexity index is 999. The highest BCUT2D eigenvalue weighted by atomic mass is 35.5. The van der Waals surface area contributed by atoms with Gasteiger partial charge in [0.15, 0.2) is 5.82 Å². The summed E-state index contributed by atoms with van der Waals surface area (Å²) in [4.78, 5) is 9.52. The highest BCUT2D eigenvalue weighted by Gasteiger charge is 2.11. The van der Waals surface area contributed by atoms with Crippen molar-refractivity contribution in [3.63, 3.8) is 0 Å². The van der Waals surface area contributed by atoms with Gasteiger partial charge in [-0.25, -0.2) is 9.97 Å². The van der Waals surface area contributed by atoms with Crippen molar-refractivity contribution in [2.45, 2.75) is 0 Å². The van der Waals surface area contributed by atoms with Gasteiger partial charge in [-0.05, 0) is 30.3 Å². The smallest absolute Gasteiger partial charge is 0.160 e. The Balaban J connectivity index is 1.93. The van der Waals surface area contributed by atoms with E-state index in [0.717, 1.165) is 28.1 Å². The molecule has 0 spiro atoms. The number of hydrogen-bond acceptors (Lipinski definition) is 2. The second-order valence-electron chi connectivity index (χ2n) is 5.85. The van der Waals surface area contributed by atoms with Gasteiger partial charge in [0.25, 0.3) is 0 Å². The second kappa shape index (κ2) is 7.28. The highest BCUT2D eigenvalue weighted by Crippen LogP contribution is 2.29. The fourth-order valence-electron chi connectivity index (χ4n) is 2.75. The van der Waals surface area contributed by atoms with Crippen LogP contribution in [0.4, 0.5) is 0 Å². The predicted octanol–water partition coefficient (Wildman–Crippen LogP) is 6.78. The van der Waals surface area contributed by atoms with Gasteiger partial charge in [-0.3, -0.25) is 0 Å². The molecule has 0 saturated heterocycles. The number of halogens is 2. The normalized spacial score (nSPS) is 10.7. The third-order valence-electron chi connectivity index (χ3n) is 4.00. The van der Waals surface area contributed by atoms with Crippen LogP contribution in [0.25, 0.3) is 33.9 Å². The van der Waals surface area contributed by atoms with Crippen molar-refractivity contribution in [3.05, 3.63) is 95.0 Å². The maximum Gasteiger partial charge on any atom is 0.160 e. The molecule has 126 valence electrons. The average Bonchev–Trinajstić information content (AvgIpc) is 2.68. The summed E-state index contributed by atoms with van der Waals surface area (Å²) in [7, 11) is 0. The van der Waals surface area contributed by atoms with Crippen molar-refractivity contribution in [2.75, 3.05) is 0 Å². The molecule has 0 aliphatic rings. The molecule has 2 nitrogen and oxygen atoms in total. The van der Waals surface area contributed by atoms with E-state index in [2.05, 4.69) is 0 Å². The Hall–Kier alpha value is -2.68. The van der Waals surface area contributed by atoms with E-state index in [1.54, 1.807) is 0 Å². The van der Waals surface area contributed by atoms with Gasteiger partial charge in [0.1, 0.15) is 0 Å². The molecule has 0 atom stereocenters. The predicted molar refractivity (Wildman–Crippen MR) is 108 cm³/mol. The summed E-state index contributed by atoms with van der Waals surface area (Å²) in [6.45, 7) is 0. The molecule has 4 heteroatoms. The van der Waals surface area contributed by atoms with E-state index in [-0.39, 0.29) is 0 Å². The minimum absolute atomic E-state index is 0.665. The summed E-state index contributed by atoms with van der Waals surface area (Å²) in [5.41, 5.74) is 4.48. The maximum atomic E-state index is 6.17. The summed E-state index contributed by atoms with van der Waals surface area (Å²) < 4.78 is 0. The lowest BCUT2D eigenvalue weighted by atomic mass is 10.1. The molecule has 1 heterocycles. The molecule has 0 amide bonds. The number of aromatic nitrogens is 2. The summed E-state index contributed by atoms with van der Waals surface area (Å²) in [5.74, 6) is 0.665. The van der Waals surface area contributed by atoms with Crippen LogP contribution < -0.4 is 0 Å². The molecule has 1 aromatic heterocycles. The van der Waals surface area contributed by atoms with Crippen molar-refractivity contribution in [1.29, 1.82) is 0 Å². The van der Waals surface area contributed by atoms with E-state index >= 15 is 0 Å². The van der Waals surface area contributed by atoms with Crippen LogP contribution in [0.3, 0.4) is 0 Å². The SMILES string of the molecule is Clc1cccc(-c2cc(-c3cccc(Cl)c3)nc(-c3ccccc3)n2)c1. The average molecular weight is 377 g/mol. The topological polar surface area (TPSA) is 25.8 Å². The van der Waals surface area contributed by atoms with Gasteiger partial charge >= 0.3 is 0 Å². The first-order valence-electron chi connectivity index (χ1n) is 8.15. The zero-order valence-electron chi connectivity index (χ0n) is 13.7. The van der Waals surface area contributed by atoms with Crippen molar-refractivity contribution in [2.24, 2.45) is 0 Å². The molecule has 0 N–H and O–H groups in total. The van der Waals surface area contributed by atoms with E-state index in [0.29, 0.717) is 15.9 Å². The van der Waals surface area contributed by atoms with Gasteiger partial charge < -0.3 is 0 Å². The number of benzene rings is 3. The van der Waals surface area contributed by atoms with Crippen LogP contribution in [0.5, 0.6) is 0 Å². The van der Waals surface area contributed by atoms with Gasteiger partial charge in [0, 0.05) is 26.7 Å². The third-order valence-corrected chi connectivity index (χ3v) is 4.47. The molecule has 0 unspecified atom stereocenters. The monoisotopic (exact) mass is 376 g/mol. The fourth-order valence-corrected chi connectivity index (χ4v) is 3.14. The van der Waals surface area contributed by atoms with Crippen LogP contribution in [0.1, 0.15) is 0 Å².